The van der Waals surface area contributed by atoms with Crippen LogP contribution in [0.2, 0.25) is 0 Å². The highest BCUT2D eigenvalue weighted by molar-refractivity contribution is 5.66. The van der Waals surface area contributed by atoms with Crippen molar-refractivity contribution < 1.29 is 14.4 Å². The van der Waals surface area contributed by atoms with E-state index in [9.17, 15) is 4.79 Å². The van der Waals surface area contributed by atoms with Gasteiger partial charge in [-0.15, -0.1) is 0 Å². The predicted molar refractivity (Wildman–Crippen MR) is 84.6 cm³/mol. The smallest absolute Gasteiger partial charge is 0.303 e. The van der Waals surface area contributed by atoms with Crippen LogP contribution in [-0.2, 0) is 11.2 Å². The van der Waals surface area contributed by atoms with Crippen LogP contribution in [0.4, 0.5) is 0 Å². The monoisotopic (exact) mass is 302 g/mol. The van der Waals surface area contributed by atoms with E-state index in [0.717, 1.165) is 42.9 Å². The van der Waals surface area contributed by atoms with E-state index < -0.39 is 5.97 Å². The Bertz CT molecular complexity index is 581. The van der Waals surface area contributed by atoms with Gasteiger partial charge in [-0.25, -0.2) is 0 Å². The topological polar surface area (TPSA) is 66.6 Å². The molecular weight excluding hydrogens is 280 g/mol. The largest absolute Gasteiger partial charge is 0.481 e. The summed E-state index contributed by atoms with van der Waals surface area (Å²) in [6.45, 7) is 1.72. The maximum Gasteiger partial charge on any atom is 0.303 e. The molecule has 0 saturated heterocycles. The lowest BCUT2D eigenvalue weighted by molar-refractivity contribution is -0.137. The number of hydrogen-bond donors (Lipinski definition) is 1. The van der Waals surface area contributed by atoms with Gasteiger partial charge in [0.1, 0.15) is 11.5 Å². The summed E-state index contributed by atoms with van der Waals surface area (Å²) in [4.78, 5) is 12.6. The molecule has 0 aliphatic rings. The molecule has 1 N–H and O–H groups in total. The summed E-state index contributed by atoms with van der Waals surface area (Å²) in [5.74, 6) is 0.154. The summed E-state index contributed by atoms with van der Waals surface area (Å²) >= 11 is 0. The molecule has 5 nitrogen and oxygen atoms in total. The Balaban J connectivity index is 1.71. The first-order valence-corrected chi connectivity index (χ1v) is 7.56. The molecule has 0 radical (unpaired) electrons. The normalized spacial score (nSPS) is 11.0. The number of aliphatic carboxylic acids is 1. The average Bonchev–Trinajstić information content (AvgIpc) is 2.97. The van der Waals surface area contributed by atoms with Crippen LogP contribution >= 0.6 is 0 Å². The fourth-order valence-corrected chi connectivity index (χ4v) is 2.31. The Labute approximate surface area is 130 Å². The highest BCUT2D eigenvalue weighted by atomic mass is 16.5. The lowest BCUT2D eigenvalue weighted by Gasteiger charge is -2.15. The standard InChI is InChI=1S/C17H22N2O3/c1-19(12-6-10-17(20)21)11-5-9-15-13-16(18-22-15)14-7-3-2-4-8-14/h2-4,7-8,13H,5-6,9-12H2,1H3,(H,20,21). The molecule has 0 aliphatic carbocycles. The van der Waals surface area contributed by atoms with Gasteiger partial charge in [0.25, 0.3) is 0 Å². The minimum atomic E-state index is -0.733. The minimum absolute atomic E-state index is 0.229. The molecule has 1 heterocycles. The zero-order valence-electron chi connectivity index (χ0n) is 12.9. The third-order valence-corrected chi connectivity index (χ3v) is 3.52. The molecule has 0 unspecified atom stereocenters. The maximum absolute atomic E-state index is 10.5. The molecule has 5 heteroatoms. The van der Waals surface area contributed by atoms with Crippen LogP contribution in [0.1, 0.15) is 25.0 Å². The van der Waals surface area contributed by atoms with E-state index in [0.29, 0.717) is 6.42 Å². The van der Waals surface area contributed by atoms with Gasteiger partial charge in [-0.2, -0.15) is 0 Å². The van der Waals surface area contributed by atoms with Crippen molar-refractivity contribution in [3.05, 3.63) is 42.2 Å². The minimum Gasteiger partial charge on any atom is -0.481 e. The summed E-state index contributed by atoms with van der Waals surface area (Å²) in [6.07, 6.45) is 2.72. The SMILES string of the molecule is CN(CCCC(=O)O)CCCc1cc(-c2ccccc2)no1. The van der Waals surface area contributed by atoms with E-state index in [1.165, 1.54) is 0 Å². The van der Waals surface area contributed by atoms with Crippen LogP contribution < -0.4 is 0 Å². The number of carboxylic acid groups (broad SMARTS) is 1. The Kier molecular flexibility index (Phi) is 6.15. The van der Waals surface area contributed by atoms with Crippen molar-refractivity contribution in [2.75, 3.05) is 20.1 Å². The first-order chi connectivity index (χ1) is 10.6. The molecule has 0 aliphatic heterocycles. The molecule has 0 saturated carbocycles. The zero-order chi connectivity index (χ0) is 15.8. The van der Waals surface area contributed by atoms with Crippen LogP contribution in [0.5, 0.6) is 0 Å². The quantitative estimate of drug-likeness (QED) is 0.771. The summed E-state index contributed by atoms with van der Waals surface area (Å²) in [5.41, 5.74) is 1.92. The van der Waals surface area contributed by atoms with Crippen molar-refractivity contribution in [1.29, 1.82) is 0 Å². The van der Waals surface area contributed by atoms with Gasteiger partial charge in [-0.05, 0) is 33.0 Å². The second-order valence-electron chi connectivity index (χ2n) is 5.45. The maximum atomic E-state index is 10.5. The molecule has 0 bridgehead atoms. The predicted octanol–water partition coefficient (Wildman–Crippen LogP) is 3.07. The number of benzene rings is 1. The Morgan fingerprint density at radius 3 is 2.68 bits per heavy atom. The van der Waals surface area contributed by atoms with Gasteiger partial charge in [-0.3, -0.25) is 4.79 Å². The Morgan fingerprint density at radius 1 is 1.23 bits per heavy atom. The van der Waals surface area contributed by atoms with E-state index in [1.54, 1.807) is 0 Å². The second-order valence-corrected chi connectivity index (χ2v) is 5.45. The van der Waals surface area contributed by atoms with Gasteiger partial charge in [0, 0.05) is 24.5 Å². The van der Waals surface area contributed by atoms with Crippen molar-refractivity contribution in [2.45, 2.75) is 25.7 Å². The van der Waals surface area contributed by atoms with Gasteiger partial charge < -0.3 is 14.5 Å². The lowest BCUT2D eigenvalue weighted by atomic mass is 10.1. The van der Waals surface area contributed by atoms with Crippen LogP contribution in [-0.4, -0.2) is 41.3 Å². The summed E-state index contributed by atoms with van der Waals surface area (Å²) < 4.78 is 5.37. The van der Waals surface area contributed by atoms with Crippen molar-refractivity contribution in [3.63, 3.8) is 0 Å². The van der Waals surface area contributed by atoms with Crippen LogP contribution in [0.15, 0.2) is 40.9 Å². The number of hydrogen-bond acceptors (Lipinski definition) is 4. The van der Waals surface area contributed by atoms with E-state index >= 15 is 0 Å². The molecule has 0 spiro atoms. The van der Waals surface area contributed by atoms with Crippen molar-refractivity contribution in [1.82, 2.24) is 10.1 Å². The second kappa shape index (κ2) is 8.34. The molecule has 0 atom stereocenters. The fourth-order valence-electron chi connectivity index (χ4n) is 2.31. The molecule has 1 aromatic heterocycles. The van der Waals surface area contributed by atoms with Gasteiger partial charge >= 0.3 is 5.97 Å². The zero-order valence-corrected chi connectivity index (χ0v) is 12.9. The number of nitrogens with zero attached hydrogens (tertiary/aromatic N) is 2. The van der Waals surface area contributed by atoms with Crippen LogP contribution in [0.3, 0.4) is 0 Å². The number of carbonyl (C=O) groups is 1. The van der Waals surface area contributed by atoms with Gasteiger partial charge in [0.2, 0.25) is 0 Å². The molecule has 22 heavy (non-hydrogen) atoms. The third-order valence-electron chi connectivity index (χ3n) is 3.52. The number of aryl methyl sites for hydroxylation is 1. The van der Waals surface area contributed by atoms with Gasteiger partial charge in [-0.1, -0.05) is 35.5 Å². The van der Waals surface area contributed by atoms with E-state index in [1.807, 2.05) is 43.4 Å². The Morgan fingerprint density at radius 2 is 1.95 bits per heavy atom. The van der Waals surface area contributed by atoms with Gasteiger partial charge in [0.15, 0.2) is 0 Å². The number of carboxylic acids is 1. The van der Waals surface area contributed by atoms with E-state index in [2.05, 4.69) is 10.1 Å². The first-order valence-electron chi connectivity index (χ1n) is 7.56. The summed E-state index contributed by atoms with van der Waals surface area (Å²) in [6, 6.07) is 12.0. The highest BCUT2D eigenvalue weighted by Crippen LogP contribution is 2.19. The molecule has 118 valence electrons. The summed E-state index contributed by atoms with van der Waals surface area (Å²) in [7, 11) is 2.01. The molecule has 2 rings (SSSR count). The van der Waals surface area contributed by atoms with E-state index in [-0.39, 0.29) is 6.42 Å². The van der Waals surface area contributed by atoms with Crippen molar-refractivity contribution in [3.8, 4) is 11.3 Å². The third kappa shape index (κ3) is 5.33. The van der Waals surface area contributed by atoms with Crippen LogP contribution in [0.25, 0.3) is 11.3 Å². The molecule has 2 aromatic rings. The summed E-state index contributed by atoms with van der Waals surface area (Å²) in [5, 5.41) is 12.7. The highest BCUT2D eigenvalue weighted by Gasteiger charge is 2.07. The van der Waals surface area contributed by atoms with Crippen molar-refractivity contribution in [2.24, 2.45) is 0 Å². The lowest BCUT2D eigenvalue weighted by Crippen LogP contribution is -2.21. The Hall–Kier alpha value is -2.14. The van der Waals surface area contributed by atoms with E-state index in [4.69, 9.17) is 9.63 Å². The fraction of sp³-hybridized carbons (Fsp3) is 0.412. The first kappa shape index (κ1) is 16.2. The molecule has 0 fully saturated rings. The number of rotatable bonds is 9. The molecule has 1 aromatic carbocycles. The average molecular weight is 302 g/mol. The number of aromatic nitrogens is 1. The molecular formula is C17H22N2O3. The van der Waals surface area contributed by atoms with Gasteiger partial charge in [0.05, 0.1) is 0 Å². The van der Waals surface area contributed by atoms with Crippen molar-refractivity contribution >= 4 is 5.97 Å². The van der Waals surface area contributed by atoms with Crippen LogP contribution in [0, 0.1) is 0 Å². The molecule has 0 amide bonds.